The molecule has 0 saturated carbocycles. The largest absolute Gasteiger partial charge is 0.306 e. The monoisotopic (exact) mass is 300 g/mol. The van der Waals surface area contributed by atoms with E-state index in [-0.39, 0.29) is 0 Å². The van der Waals surface area contributed by atoms with Crippen molar-refractivity contribution in [1.82, 2.24) is 19.5 Å². The van der Waals surface area contributed by atoms with Gasteiger partial charge in [0.1, 0.15) is 0 Å². The lowest BCUT2D eigenvalue weighted by Crippen LogP contribution is -1.94. The van der Waals surface area contributed by atoms with Crippen LogP contribution in [-0.2, 0) is 0 Å². The number of benzene rings is 2. The minimum atomic E-state index is 0.760. The summed E-state index contributed by atoms with van der Waals surface area (Å²) in [5.74, 6) is 0.760. The highest BCUT2D eigenvalue weighted by Crippen LogP contribution is 2.22. The van der Waals surface area contributed by atoms with Gasteiger partial charge in [-0.05, 0) is 49.2 Å². The fourth-order valence-electron chi connectivity index (χ4n) is 2.61. The normalized spacial score (nSPS) is 11.0. The molecule has 0 aliphatic carbocycles. The highest BCUT2D eigenvalue weighted by molar-refractivity contribution is 5.81. The molecule has 0 fully saturated rings. The minimum absolute atomic E-state index is 0.760. The maximum absolute atomic E-state index is 4.70. The molecule has 2 aromatic heterocycles. The van der Waals surface area contributed by atoms with Crippen molar-refractivity contribution >= 4 is 10.9 Å². The second kappa shape index (κ2) is 5.32. The predicted molar refractivity (Wildman–Crippen MR) is 91.6 cm³/mol. The third-order valence-electron chi connectivity index (χ3n) is 4.13. The Balaban J connectivity index is 1.79. The lowest BCUT2D eigenvalue weighted by atomic mass is 10.1. The molecule has 0 radical (unpaired) electrons. The van der Waals surface area contributed by atoms with E-state index in [1.165, 1.54) is 11.1 Å². The number of nitrogens with zero attached hydrogens (tertiary/aromatic N) is 4. The average molecular weight is 300 g/mol. The standard InChI is InChI=1S/C19H16N4/c1-13-3-4-15(9-14(13)2)19-21-11-16-10-17(5-6-18(16)22-19)23-8-7-20-12-23/h3-12H,1-2H3. The maximum Gasteiger partial charge on any atom is 0.159 e. The third kappa shape index (κ3) is 2.48. The third-order valence-corrected chi connectivity index (χ3v) is 4.13. The van der Waals surface area contributed by atoms with Gasteiger partial charge in [-0.2, -0.15) is 0 Å². The van der Waals surface area contributed by atoms with Crippen molar-refractivity contribution in [3.8, 4) is 17.1 Å². The van der Waals surface area contributed by atoms with Gasteiger partial charge in [-0.1, -0.05) is 12.1 Å². The number of fused-ring (bicyclic) bond motifs is 1. The molecular formula is C19H16N4. The fourth-order valence-corrected chi connectivity index (χ4v) is 2.61. The first-order valence-corrected chi connectivity index (χ1v) is 7.53. The maximum atomic E-state index is 4.70. The highest BCUT2D eigenvalue weighted by Gasteiger charge is 2.06. The molecule has 4 nitrogen and oxygen atoms in total. The minimum Gasteiger partial charge on any atom is -0.306 e. The van der Waals surface area contributed by atoms with Crippen molar-refractivity contribution in [3.63, 3.8) is 0 Å². The predicted octanol–water partition coefficient (Wildman–Crippen LogP) is 4.10. The van der Waals surface area contributed by atoms with Crippen LogP contribution in [0.1, 0.15) is 11.1 Å². The van der Waals surface area contributed by atoms with Crippen LogP contribution in [0.2, 0.25) is 0 Å². The molecule has 4 aromatic rings. The molecule has 2 heterocycles. The van der Waals surface area contributed by atoms with Crippen LogP contribution in [0.25, 0.3) is 28.0 Å². The van der Waals surface area contributed by atoms with E-state index in [9.17, 15) is 0 Å². The number of hydrogen-bond donors (Lipinski definition) is 0. The van der Waals surface area contributed by atoms with E-state index in [4.69, 9.17) is 4.98 Å². The number of aryl methyl sites for hydroxylation is 2. The van der Waals surface area contributed by atoms with Crippen LogP contribution in [0.3, 0.4) is 0 Å². The Morgan fingerprint density at radius 1 is 0.957 bits per heavy atom. The lowest BCUT2D eigenvalue weighted by molar-refractivity contribution is 1.06. The second-order valence-corrected chi connectivity index (χ2v) is 5.71. The Hall–Kier alpha value is -3.01. The summed E-state index contributed by atoms with van der Waals surface area (Å²) >= 11 is 0. The van der Waals surface area contributed by atoms with Gasteiger partial charge in [0.05, 0.1) is 11.8 Å². The number of aromatic nitrogens is 4. The fraction of sp³-hybridized carbons (Fsp3) is 0.105. The smallest absolute Gasteiger partial charge is 0.159 e. The summed E-state index contributed by atoms with van der Waals surface area (Å²) in [4.78, 5) is 13.3. The van der Waals surface area contributed by atoms with E-state index in [1.807, 2.05) is 29.1 Å². The molecule has 0 amide bonds. The van der Waals surface area contributed by atoms with Gasteiger partial charge in [0, 0.05) is 35.2 Å². The van der Waals surface area contributed by atoms with Gasteiger partial charge >= 0.3 is 0 Å². The van der Waals surface area contributed by atoms with Crippen LogP contribution in [0.4, 0.5) is 0 Å². The Morgan fingerprint density at radius 2 is 1.87 bits per heavy atom. The summed E-state index contributed by atoms with van der Waals surface area (Å²) in [6, 6.07) is 12.5. The first-order valence-electron chi connectivity index (χ1n) is 7.53. The van der Waals surface area contributed by atoms with E-state index in [1.54, 1.807) is 12.5 Å². The zero-order chi connectivity index (χ0) is 15.8. The molecule has 0 atom stereocenters. The lowest BCUT2D eigenvalue weighted by Gasteiger charge is -2.07. The van der Waals surface area contributed by atoms with Gasteiger partial charge in [0.25, 0.3) is 0 Å². The van der Waals surface area contributed by atoms with E-state index < -0.39 is 0 Å². The van der Waals surface area contributed by atoms with Crippen molar-refractivity contribution < 1.29 is 0 Å². The van der Waals surface area contributed by atoms with Crippen molar-refractivity contribution in [2.24, 2.45) is 0 Å². The van der Waals surface area contributed by atoms with Crippen LogP contribution in [0.5, 0.6) is 0 Å². The molecule has 2 aromatic carbocycles. The zero-order valence-corrected chi connectivity index (χ0v) is 13.1. The summed E-state index contributed by atoms with van der Waals surface area (Å²) in [5.41, 5.74) is 5.57. The van der Waals surface area contributed by atoms with Crippen molar-refractivity contribution in [2.45, 2.75) is 13.8 Å². The molecule has 0 spiro atoms. The first-order chi connectivity index (χ1) is 11.2. The molecular weight excluding hydrogens is 284 g/mol. The zero-order valence-electron chi connectivity index (χ0n) is 13.1. The molecule has 0 bridgehead atoms. The van der Waals surface area contributed by atoms with Crippen molar-refractivity contribution in [2.75, 3.05) is 0 Å². The number of imidazole rings is 1. The molecule has 0 aliphatic heterocycles. The topological polar surface area (TPSA) is 43.6 Å². The van der Waals surface area contributed by atoms with Crippen LogP contribution >= 0.6 is 0 Å². The molecule has 4 heteroatoms. The molecule has 0 saturated heterocycles. The summed E-state index contributed by atoms with van der Waals surface area (Å²) in [6.07, 6.45) is 7.35. The van der Waals surface area contributed by atoms with Crippen molar-refractivity contribution in [1.29, 1.82) is 0 Å². The van der Waals surface area contributed by atoms with Crippen LogP contribution < -0.4 is 0 Å². The number of hydrogen-bond acceptors (Lipinski definition) is 3. The molecule has 0 aliphatic rings. The van der Waals surface area contributed by atoms with Crippen LogP contribution in [-0.4, -0.2) is 19.5 Å². The Bertz CT molecular complexity index is 988. The van der Waals surface area contributed by atoms with Gasteiger partial charge in [-0.3, -0.25) is 0 Å². The number of rotatable bonds is 2. The van der Waals surface area contributed by atoms with E-state index in [2.05, 4.69) is 48.1 Å². The Labute approximate surface area is 134 Å². The SMILES string of the molecule is Cc1ccc(-c2ncc3cc(-n4ccnc4)ccc3n2)cc1C. The molecule has 4 rings (SSSR count). The van der Waals surface area contributed by atoms with Crippen LogP contribution in [0.15, 0.2) is 61.3 Å². The quantitative estimate of drug-likeness (QED) is 0.560. The first kappa shape index (κ1) is 13.6. The van der Waals surface area contributed by atoms with Gasteiger partial charge in [0.2, 0.25) is 0 Å². The molecule has 23 heavy (non-hydrogen) atoms. The highest BCUT2D eigenvalue weighted by atomic mass is 15.0. The van der Waals surface area contributed by atoms with Gasteiger partial charge in [-0.25, -0.2) is 15.0 Å². The molecule has 0 N–H and O–H groups in total. The van der Waals surface area contributed by atoms with E-state index in [0.29, 0.717) is 0 Å². The van der Waals surface area contributed by atoms with Crippen molar-refractivity contribution in [3.05, 3.63) is 72.4 Å². The summed E-state index contributed by atoms with van der Waals surface area (Å²) in [6.45, 7) is 4.22. The Kier molecular flexibility index (Phi) is 3.15. The molecule has 0 unspecified atom stereocenters. The van der Waals surface area contributed by atoms with E-state index in [0.717, 1.165) is 28.0 Å². The Morgan fingerprint density at radius 3 is 2.65 bits per heavy atom. The second-order valence-electron chi connectivity index (χ2n) is 5.71. The summed E-state index contributed by atoms with van der Waals surface area (Å²) in [5, 5.41) is 1.02. The van der Waals surface area contributed by atoms with Gasteiger partial charge in [0.15, 0.2) is 5.82 Å². The summed E-state index contributed by atoms with van der Waals surface area (Å²) in [7, 11) is 0. The van der Waals surface area contributed by atoms with E-state index >= 15 is 0 Å². The summed E-state index contributed by atoms with van der Waals surface area (Å²) < 4.78 is 1.97. The van der Waals surface area contributed by atoms with Gasteiger partial charge in [-0.15, -0.1) is 0 Å². The van der Waals surface area contributed by atoms with Gasteiger partial charge < -0.3 is 4.57 Å². The average Bonchev–Trinajstić information content (AvgIpc) is 3.11. The van der Waals surface area contributed by atoms with Crippen LogP contribution in [0, 0.1) is 13.8 Å². The molecule has 112 valence electrons.